The van der Waals surface area contributed by atoms with Gasteiger partial charge >= 0.3 is 0 Å². The molecule has 0 aliphatic heterocycles. The second kappa shape index (κ2) is 6.13. The van der Waals surface area contributed by atoms with Crippen LogP contribution in [0.5, 0.6) is 0 Å². The van der Waals surface area contributed by atoms with E-state index in [2.05, 4.69) is 16.0 Å². The van der Waals surface area contributed by atoms with Crippen LogP contribution in [0.4, 0.5) is 10.7 Å². The second-order valence-electron chi connectivity index (χ2n) is 4.76. The minimum Gasteiger partial charge on any atom is -0.397 e. The molecule has 20 heavy (non-hydrogen) atoms. The van der Waals surface area contributed by atoms with Gasteiger partial charge in [-0.05, 0) is 26.2 Å². The molecule has 0 unspecified atom stereocenters. The highest BCUT2D eigenvalue weighted by atomic mass is 32.1. The van der Waals surface area contributed by atoms with Crippen LogP contribution in [0.15, 0.2) is 0 Å². The molecular formula is C13H20N4O2S. The SMILES string of the molecule is CCNC(=O)c1sc(NC2CCC2)c(C(=O)NC)c1N. The van der Waals surface area contributed by atoms with Crippen molar-refractivity contribution in [3.05, 3.63) is 10.4 Å². The van der Waals surface area contributed by atoms with E-state index in [1.807, 2.05) is 6.92 Å². The predicted octanol–water partition coefficient (Wildman–Crippen LogP) is 1.40. The lowest BCUT2D eigenvalue weighted by atomic mass is 9.93. The summed E-state index contributed by atoms with van der Waals surface area (Å²) in [4.78, 5) is 24.3. The first kappa shape index (κ1) is 14.6. The number of carbonyl (C=O) groups excluding carboxylic acids is 2. The summed E-state index contributed by atoms with van der Waals surface area (Å²) in [6.07, 6.45) is 3.36. The Kier molecular flexibility index (Phi) is 4.49. The number of thiophene rings is 1. The standard InChI is InChI=1S/C13H20N4O2S/c1-3-16-12(19)10-9(14)8(11(18)15-2)13(20-10)17-7-5-4-6-7/h7,17H,3-6,14H2,1-2H3,(H,15,18)(H,16,19). The van der Waals surface area contributed by atoms with Gasteiger partial charge in [0.15, 0.2) is 0 Å². The fourth-order valence-corrected chi connectivity index (χ4v) is 3.15. The number of anilines is 2. The van der Waals surface area contributed by atoms with Crippen molar-refractivity contribution >= 4 is 33.8 Å². The Morgan fingerprint density at radius 1 is 1.35 bits per heavy atom. The lowest BCUT2D eigenvalue weighted by Gasteiger charge is -2.27. The van der Waals surface area contributed by atoms with E-state index in [1.54, 1.807) is 7.05 Å². The molecule has 1 heterocycles. The number of carbonyl (C=O) groups is 2. The lowest BCUT2D eigenvalue weighted by molar-refractivity contribution is 0.0959. The van der Waals surface area contributed by atoms with Crippen LogP contribution >= 0.6 is 11.3 Å². The van der Waals surface area contributed by atoms with E-state index in [-0.39, 0.29) is 17.5 Å². The molecule has 110 valence electrons. The summed E-state index contributed by atoms with van der Waals surface area (Å²) >= 11 is 1.25. The normalized spacial score (nSPS) is 14.5. The molecule has 6 nitrogen and oxygen atoms in total. The molecule has 0 spiro atoms. The minimum atomic E-state index is -0.267. The Bertz CT molecular complexity index is 523. The second-order valence-corrected chi connectivity index (χ2v) is 5.78. The topological polar surface area (TPSA) is 96.2 Å². The van der Waals surface area contributed by atoms with Crippen LogP contribution in [0, 0.1) is 0 Å². The van der Waals surface area contributed by atoms with Gasteiger partial charge in [-0.1, -0.05) is 0 Å². The first-order chi connectivity index (χ1) is 9.58. The predicted molar refractivity (Wildman–Crippen MR) is 81.4 cm³/mol. The Morgan fingerprint density at radius 3 is 2.55 bits per heavy atom. The molecule has 2 amide bonds. The maximum Gasteiger partial charge on any atom is 0.263 e. The monoisotopic (exact) mass is 296 g/mol. The largest absolute Gasteiger partial charge is 0.397 e. The molecule has 0 saturated heterocycles. The van der Waals surface area contributed by atoms with Crippen molar-refractivity contribution in [1.29, 1.82) is 0 Å². The number of nitrogen functional groups attached to an aromatic ring is 1. The number of hydrogen-bond acceptors (Lipinski definition) is 5. The first-order valence-electron chi connectivity index (χ1n) is 6.77. The van der Waals surface area contributed by atoms with Crippen molar-refractivity contribution in [1.82, 2.24) is 10.6 Å². The van der Waals surface area contributed by atoms with Crippen molar-refractivity contribution in [2.24, 2.45) is 0 Å². The zero-order valence-electron chi connectivity index (χ0n) is 11.7. The number of rotatable bonds is 5. The third kappa shape index (κ3) is 2.72. The average Bonchev–Trinajstić information content (AvgIpc) is 2.70. The summed E-state index contributed by atoms with van der Waals surface area (Å²) in [6, 6.07) is 0.374. The molecule has 1 aliphatic rings. The smallest absolute Gasteiger partial charge is 0.263 e. The zero-order chi connectivity index (χ0) is 14.7. The summed E-state index contributed by atoms with van der Waals surface area (Å²) in [5.74, 6) is -0.502. The van der Waals surface area contributed by atoms with Crippen molar-refractivity contribution < 1.29 is 9.59 Å². The van der Waals surface area contributed by atoms with Crippen LogP contribution in [0.25, 0.3) is 0 Å². The van der Waals surface area contributed by atoms with Crippen molar-refractivity contribution in [2.45, 2.75) is 32.2 Å². The van der Waals surface area contributed by atoms with E-state index < -0.39 is 0 Å². The van der Waals surface area contributed by atoms with Crippen molar-refractivity contribution in [3.8, 4) is 0 Å². The Hall–Kier alpha value is -1.76. The molecule has 0 atom stereocenters. The minimum absolute atomic E-state index is 0.234. The highest BCUT2D eigenvalue weighted by Gasteiger charge is 2.27. The Balaban J connectivity index is 2.34. The molecule has 7 heteroatoms. The van der Waals surface area contributed by atoms with Crippen LogP contribution in [0.1, 0.15) is 46.2 Å². The van der Waals surface area contributed by atoms with Gasteiger partial charge in [0, 0.05) is 19.6 Å². The van der Waals surface area contributed by atoms with Gasteiger partial charge in [0.2, 0.25) is 0 Å². The first-order valence-corrected chi connectivity index (χ1v) is 7.59. The van der Waals surface area contributed by atoms with Crippen molar-refractivity contribution in [2.75, 3.05) is 24.6 Å². The lowest BCUT2D eigenvalue weighted by Crippen LogP contribution is -2.28. The van der Waals surface area contributed by atoms with Gasteiger partial charge in [-0.2, -0.15) is 0 Å². The third-order valence-electron chi connectivity index (χ3n) is 3.38. The average molecular weight is 296 g/mol. The van der Waals surface area contributed by atoms with E-state index in [1.165, 1.54) is 17.8 Å². The summed E-state index contributed by atoms with van der Waals surface area (Å²) in [6.45, 7) is 2.37. The van der Waals surface area contributed by atoms with Gasteiger partial charge in [-0.15, -0.1) is 11.3 Å². The fraction of sp³-hybridized carbons (Fsp3) is 0.538. The van der Waals surface area contributed by atoms with Crippen molar-refractivity contribution in [3.63, 3.8) is 0 Å². The quantitative estimate of drug-likeness (QED) is 0.660. The van der Waals surface area contributed by atoms with Gasteiger partial charge < -0.3 is 21.7 Å². The molecule has 1 saturated carbocycles. The summed E-state index contributed by atoms with van der Waals surface area (Å²) in [7, 11) is 1.55. The molecule has 0 aromatic carbocycles. The van der Waals surface area contributed by atoms with Crippen LogP contribution in [-0.4, -0.2) is 31.4 Å². The van der Waals surface area contributed by atoms with Gasteiger partial charge in [0.05, 0.1) is 11.3 Å². The van der Waals surface area contributed by atoms with E-state index >= 15 is 0 Å². The fourth-order valence-electron chi connectivity index (χ4n) is 2.04. The summed E-state index contributed by atoms with van der Waals surface area (Å²) in [5.41, 5.74) is 6.63. The van der Waals surface area contributed by atoms with E-state index in [4.69, 9.17) is 5.73 Å². The van der Waals surface area contributed by atoms with E-state index in [9.17, 15) is 9.59 Å². The molecule has 1 aromatic rings. The van der Waals surface area contributed by atoms with Gasteiger partial charge in [0.1, 0.15) is 9.88 Å². The third-order valence-corrected chi connectivity index (χ3v) is 4.52. The molecule has 1 fully saturated rings. The molecule has 5 N–H and O–H groups in total. The van der Waals surface area contributed by atoms with E-state index in [0.717, 1.165) is 12.8 Å². The van der Waals surface area contributed by atoms with E-state index in [0.29, 0.717) is 28.0 Å². The van der Waals surface area contributed by atoms with Gasteiger partial charge in [0.25, 0.3) is 11.8 Å². The summed E-state index contributed by atoms with van der Waals surface area (Å²) < 4.78 is 0. The number of nitrogens with one attached hydrogen (secondary N) is 3. The Morgan fingerprint density at radius 2 is 2.05 bits per heavy atom. The zero-order valence-corrected chi connectivity index (χ0v) is 12.5. The van der Waals surface area contributed by atoms with Gasteiger partial charge in [-0.25, -0.2) is 0 Å². The maximum absolute atomic E-state index is 12.0. The number of nitrogens with two attached hydrogens (primary N) is 1. The molecule has 1 aliphatic carbocycles. The van der Waals surface area contributed by atoms with Crippen LogP contribution in [0.2, 0.25) is 0 Å². The molecule has 1 aromatic heterocycles. The molecule has 2 rings (SSSR count). The highest BCUT2D eigenvalue weighted by Crippen LogP contribution is 2.37. The molecular weight excluding hydrogens is 276 g/mol. The molecule has 0 bridgehead atoms. The van der Waals surface area contributed by atoms with Crippen LogP contribution < -0.4 is 21.7 Å². The Labute approximate surface area is 122 Å². The van der Waals surface area contributed by atoms with Gasteiger partial charge in [-0.3, -0.25) is 9.59 Å². The number of hydrogen-bond donors (Lipinski definition) is 4. The number of amides is 2. The summed E-state index contributed by atoms with van der Waals surface area (Å²) in [5, 5.41) is 9.29. The van der Waals surface area contributed by atoms with Crippen LogP contribution in [0.3, 0.4) is 0 Å². The maximum atomic E-state index is 12.0. The van der Waals surface area contributed by atoms with Crippen LogP contribution in [-0.2, 0) is 0 Å². The highest BCUT2D eigenvalue weighted by molar-refractivity contribution is 7.19. The molecule has 0 radical (unpaired) electrons.